The molecule has 5 nitrogen and oxygen atoms in total. The van der Waals surface area contributed by atoms with Crippen LogP contribution >= 0.6 is 0 Å². The van der Waals surface area contributed by atoms with Crippen LogP contribution in [0.1, 0.15) is 50.0 Å². The molecule has 1 saturated heterocycles. The van der Waals surface area contributed by atoms with Crippen LogP contribution in [0.3, 0.4) is 0 Å². The normalized spacial score (nSPS) is 36.8. The van der Waals surface area contributed by atoms with Gasteiger partial charge in [0.15, 0.2) is 5.75 Å². The minimum absolute atomic E-state index is 0.311. The van der Waals surface area contributed by atoms with Crippen molar-refractivity contribution in [2.24, 2.45) is 11.8 Å². The minimum atomic E-state index is -3.55. The highest BCUT2D eigenvalue weighted by molar-refractivity contribution is 7.86. The summed E-state index contributed by atoms with van der Waals surface area (Å²) in [5, 5.41) is 3.73. The highest BCUT2D eigenvalue weighted by atomic mass is 32.2. The van der Waals surface area contributed by atoms with Gasteiger partial charge in [-0.1, -0.05) is 31.4 Å². The van der Waals surface area contributed by atoms with Crippen LogP contribution in [0.5, 0.6) is 5.75 Å². The number of fused-ring (bicyclic) bond motifs is 5. The summed E-state index contributed by atoms with van der Waals surface area (Å²) in [5.41, 5.74) is 2.05. The highest BCUT2D eigenvalue weighted by Crippen LogP contribution is 2.59. The quantitative estimate of drug-likeness (QED) is 0.659. The monoisotopic (exact) mass is 363 g/mol. The maximum Gasteiger partial charge on any atom is 0.306 e. The molecule has 0 spiro atoms. The predicted octanol–water partition coefficient (Wildman–Crippen LogP) is 3.27. The number of nitrogens with one attached hydrogen (secondary N) is 1. The fourth-order valence-corrected chi connectivity index (χ4v) is 6.01. The van der Waals surface area contributed by atoms with Crippen LogP contribution in [-0.2, 0) is 14.9 Å². The van der Waals surface area contributed by atoms with Crippen molar-refractivity contribution in [3.63, 3.8) is 0 Å². The lowest BCUT2D eigenvalue weighted by Crippen LogP contribution is -2.43. The Balaban J connectivity index is 1.55. The van der Waals surface area contributed by atoms with Crippen molar-refractivity contribution in [2.75, 3.05) is 11.6 Å². The van der Waals surface area contributed by atoms with Gasteiger partial charge in [0.25, 0.3) is 0 Å². The molecule has 5 atom stereocenters. The van der Waals surface area contributed by atoms with Crippen LogP contribution in [0.15, 0.2) is 18.2 Å². The van der Waals surface area contributed by atoms with Gasteiger partial charge < -0.3 is 14.2 Å². The van der Waals surface area contributed by atoms with Crippen molar-refractivity contribution in [3.05, 3.63) is 23.8 Å². The zero-order valence-corrected chi connectivity index (χ0v) is 15.3. The molecule has 5 rings (SSSR count). The third-order valence-corrected chi connectivity index (χ3v) is 7.01. The first-order chi connectivity index (χ1) is 12.0. The first-order valence-electron chi connectivity index (χ1n) is 9.45. The van der Waals surface area contributed by atoms with E-state index in [4.69, 9.17) is 8.92 Å². The van der Waals surface area contributed by atoms with E-state index in [1.807, 2.05) is 6.07 Å². The maximum atomic E-state index is 11.7. The lowest BCUT2D eigenvalue weighted by molar-refractivity contribution is 0.177. The molecular weight excluding hydrogens is 338 g/mol. The molecule has 2 saturated carbocycles. The van der Waals surface area contributed by atoms with Crippen molar-refractivity contribution in [1.82, 2.24) is 0 Å². The molecule has 0 amide bonds. The highest BCUT2D eigenvalue weighted by Gasteiger charge is 2.60. The van der Waals surface area contributed by atoms with Crippen LogP contribution < -0.4 is 9.50 Å². The Labute approximate surface area is 149 Å². The van der Waals surface area contributed by atoms with Gasteiger partial charge >= 0.3 is 10.1 Å². The summed E-state index contributed by atoms with van der Waals surface area (Å²) in [6.45, 7) is 0. The van der Waals surface area contributed by atoms with Gasteiger partial charge in [-0.2, -0.15) is 8.42 Å². The molecule has 1 aromatic carbocycles. The first kappa shape index (κ1) is 15.9. The number of benzene rings is 1. The largest absolute Gasteiger partial charge is 0.380 e. The van der Waals surface area contributed by atoms with E-state index in [0.29, 0.717) is 41.8 Å². The van der Waals surface area contributed by atoms with Gasteiger partial charge in [-0.3, -0.25) is 0 Å². The Morgan fingerprint density at radius 1 is 1.20 bits per heavy atom. The molecule has 0 radical (unpaired) electrons. The zero-order valence-electron chi connectivity index (χ0n) is 14.5. The van der Waals surface area contributed by atoms with Crippen molar-refractivity contribution in [3.8, 4) is 5.75 Å². The molecule has 2 aliphatic carbocycles. The SMILES string of the molecule is CS(=O)(=O)Oc1cccc2c1N[C@H](C1CCCCC1)[C@@H]1C[C@H]3O[C@H]3[C@H]21. The van der Waals surface area contributed by atoms with Gasteiger partial charge in [0.1, 0.15) is 0 Å². The second-order valence-electron chi connectivity index (χ2n) is 8.14. The molecule has 3 fully saturated rings. The van der Waals surface area contributed by atoms with Gasteiger partial charge in [0.2, 0.25) is 0 Å². The molecule has 6 heteroatoms. The smallest absolute Gasteiger partial charge is 0.306 e. The standard InChI is InChI=1S/C19H25NO4S/c1-25(21,22)24-14-9-5-8-12-16-13(10-15-19(16)23-15)17(20-18(12)14)11-6-3-2-4-7-11/h5,8-9,11,13,15-17,19-20H,2-4,6-7,10H2,1H3/t13-,15-,16-,17-,19-/m1/s1. The van der Waals surface area contributed by atoms with E-state index < -0.39 is 10.1 Å². The maximum absolute atomic E-state index is 11.7. The molecule has 2 aliphatic heterocycles. The van der Waals surface area contributed by atoms with E-state index in [-0.39, 0.29) is 0 Å². The lowest BCUT2D eigenvalue weighted by Gasteiger charge is -2.43. The molecule has 1 N–H and O–H groups in total. The van der Waals surface area contributed by atoms with Gasteiger partial charge in [-0.25, -0.2) is 0 Å². The van der Waals surface area contributed by atoms with E-state index in [1.165, 1.54) is 37.7 Å². The second-order valence-corrected chi connectivity index (χ2v) is 9.72. The van der Waals surface area contributed by atoms with Gasteiger partial charge in [0.05, 0.1) is 24.2 Å². The molecule has 0 aromatic heterocycles. The van der Waals surface area contributed by atoms with Crippen molar-refractivity contribution in [1.29, 1.82) is 0 Å². The Kier molecular flexibility index (Phi) is 3.58. The summed E-state index contributed by atoms with van der Waals surface area (Å²) < 4.78 is 34.6. The molecule has 4 aliphatic rings. The first-order valence-corrected chi connectivity index (χ1v) is 11.3. The van der Waals surface area contributed by atoms with Gasteiger partial charge in [-0.15, -0.1) is 0 Å². The molecule has 25 heavy (non-hydrogen) atoms. The number of epoxide rings is 1. The second kappa shape index (κ2) is 5.61. The number of hydrogen-bond donors (Lipinski definition) is 1. The van der Waals surface area contributed by atoms with E-state index in [1.54, 1.807) is 6.07 Å². The predicted molar refractivity (Wildman–Crippen MR) is 95.4 cm³/mol. The molecule has 1 aromatic rings. The zero-order chi connectivity index (χ0) is 17.2. The van der Waals surface area contributed by atoms with Crippen molar-refractivity contribution in [2.45, 2.75) is 62.7 Å². The average molecular weight is 363 g/mol. The van der Waals surface area contributed by atoms with Gasteiger partial charge in [0, 0.05) is 12.0 Å². The number of para-hydroxylation sites is 1. The van der Waals surface area contributed by atoms with E-state index in [2.05, 4.69) is 11.4 Å². The number of ether oxygens (including phenoxy) is 1. The number of rotatable bonds is 3. The Morgan fingerprint density at radius 3 is 2.76 bits per heavy atom. The molecule has 0 unspecified atom stereocenters. The summed E-state index contributed by atoms with van der Waals surface area (Å²) in [6.07, 6.45) is 9.41. The lowest BCUT2D eigenvalue weighted by atomic mass is 9.71. The molecule has 2 heterocycles. The molecule has 0 bridgehead atoms. The molecule has 136 valence electrons. The molecular formula is C19H25NO4S. The summed E-state index contributed by atoms with van der Waals surface area (Å²) in [5.74, 6) is 2.06. The third-order valence-electron chi connectivity index (χ3n) is 6.53. The number of anilines is 1. The van der Waals surface area contributed by atoms with Crippen LogP contribution in [0.2, 0.25) is 0 Å². The van der Waals surface area contributed by atoms with Crippen LogP contribution in [-0.4, -0.2) is 32.9 Å². The summed E-state index contributed by atoms with van der Waals surface area (Å²) in [6, 6.07) is 6.16. The Morgan fingerprint density at radius 2 is 2.00 bits per heavy atom. The summed E-state index contributed by atoms with van der Waals surface area (Å²) >= 11 is 0. The van der Waals surface area contributed by atoms with Crippen molar-refractivity contribution >= 4 is 15.8 Å². The van der Waals surface area contributed by atoms with Crippen LogP contribution in [0.4, 0.5) is 5.69 Å². The topological polar surface area (TPSA) is 67.9 Å². The fourth-order valence-electron chi connectivity index (χ4n) is 5.55. The average Bonchev–Trinajstić information content (AvgIpc) is 3.24. The van der Waals surface area contributed by atoms with E-state index in [0.717, 1.165) is 18.4 Å². The Hall–Kier alpha value is -1.27. The van der Waals surface area contributed by atoms with E-state index >= 15 is 0 Å². The third kappa shape index (κ3) is 2.74. The minimum Gasteiger partial charge on any atom is -0.380 e. The summed E-state index contributed by atoms with van der Waals surface area (Å²) in [4.78, 5) is 0. The van der Waals surface area contributed by atoms with Crippen LogP contribution in [0.25, 0.3) is 0 Å². The van der Waals surface area contributed by atoms with Crippen LogP contribution in [0, 0.1) is 11.8 Å². The number of hydrogen-bond acceptors (Lipinski definition) is 5. The van der Waals surface area contributed by atoms with Crippen molar-refractivity contribution < 1.29 is 17.3 Å². The Bertz CT molecular complexity index is 787. The van der Waals surface area contributed by atoms with Gasteiger partial charge in [-0.05, 0) is 42.7 Å². The summed E-state index contributed by atoms with van der Waals surface area (Å²) in [7, 11) is -3.55. The van der Waals surface area contributed by atoms with E-state index in [9.17, 15) is 8.42 Å². The fraction of sp³-hybridized carbons (Fsp3) is 0.684.